The zero-order valence-electron chi connectivity index (χ0n) is 10.5. The van der Waals surface area contributed by atoms with Gasteiger partial charge < -0.3 is 15.8 Å². The first-order valence-electron chi connectivity index (χ1n) is 5.50. The second-order valence-electron chi connectivity index (χ2n) is 3.24. The van der Waals surface area contributed by atoms with E-state index in [2.05, 4.69) is 5.32 Å². The lowest BCUT2D eigenvalue weighted by molar-refractivity contribution is 0.0524. The average Bonchev–Trinajstić information content (AvgIpc) is 2.66. The standard InChI is InChI=1S/C11H16N2O3S2/c1-4-16-10(15)6-7(12)8(9(14)13-3)18-11(6)17-5-2/h4-5,12H2,1-3H3,(H,13,14). The van der Waals surface area contributed by atoms with Crippen molar-refractivity contribution in [3.05, 3.63) is 10.4 Å². The summed E-state index contributed by atoms with van der Waals surface area (Å²) in [5.41, 5.74) is 6.39. The Morgan fingerprint density at radius 3 is 2.61 bits per heavy atom. The Morgan fingerprint density at radius 2 is 2.11 bits per heavy atom. The summed E-state index contributed by atoms with van der Waals surface area (Å²) >= 11 is 2.70. The smallest absolute Gasteiger partial charge is 0.342 e. The number of nitrogens with one attached hydrogen (secondary N) is 1. The molecule has 0 bridgehead atoms. The van der Waals surface area contributed by atoms with Crippen LogP contribution in [0.4, 0.5) is 5.69 Å². The number of thiophene rings is 1. The minimum atomic E-state index is -0.475. The number of ether oxygens (including phenoxy) is 1. The molecule has 1 heterocycles. The molecule has 0 aliphatic carbocycles. The van der Waals surface area contributed by atoms with E-state index in [0.29, 0.717) is 10.4 Å². The molecule has 0 saturated carbocycles. The molecule has 1 aromatic rings. The van der Waals surface area contributed by atoms with Gasteiger partial charge in [-0.1, -0.05) is 6.92 Å². The number of carbonyl (C=O) groups excluding carboxylic acids is 2. The van der Waals surface area contributed by atoms with Gasteiger partial charge in [-0.05, 0) is 12.7 Å². The first-order valence-corrected chi connectivity index (χ1v) is 7.31. The molecule has 1 aromatic heterocycles. The number of nitrogen functional groups attached to an aromatic ring is 1. The number of anilines is 1. The Kier molecular flexibility index (Phi) is 5.49. The molecule has 0 aliphatic rings. The van der Waals surface area contributed by atoms with E-state index < -0.39 is 5.97 Å². The van der Waals surface area contributed by atoms with Crippen LogP contribution in [-0.2, 0) is 4.74 Å². The number of thioether (sulfide) groups is 1. The van der Waals surface area contributed by atoms with E-state index >= 15 is 0 Å². The maximum atomic E-state index is 11.8. The van der Waals surface area contributed by atoms with Crippen molar-refractivity contribution in [1.82, 2.24) is 5.32 Å². The molecule has 18 heavy (non-hydrogen) atoms. The third-order valence-electron chi connectivity index (χ3n) is 2.10. The fraction of sp³-hybridized carbons (Fsp3) is 0.455. The number of hydrogen-bond acceptors (Lipinski definition) is 6. The van der Waals surface area contributed by atoms with E-state index in [1.54, 1.807) is 6.92 Å². The summed E-state index contributed by atoms with van der Waals surface area (Å²) in [5.74, 6) is 0.0304. The lowest BCUT2D eigenvalue weighted by Crippen LogP contribution is -2.18. The lowest BCUT2D eigenvalue weighted by Gasteiger charge is -2.03. The van der Waals surface area contributed by atoms with Crippen LogP contribution in [-0.4, -0.2) is 31.3 Å². The van der Waals surface area contributed by atoms with E-state index in [9.17, 15) is 9.59 Å². The second-order valence-corrected chi connectivity index (χ2v) is 5.79. The lowest BCUT2D eigenvalue weighted by atomic mass is 10.2. The Morgan fingerprint density at radius 1 is 1.44 bits per heavy atom. The summed E-state index contributed by atoms with van der Waals surface area (Å²) in [6, 6.07) is 0. The van der Waals surface area contributed by atoms with Crippen LogP contribution in [0.3, 0.4) is 0 Å². The minimum absolute atomic E-state index is 0.203. The molecule has 7 heteroatoms. The number of carbonyl (C=O) groups is 2. The van der Waals surface area contributed by atoms with Gasteiger partial charge in [-0.15, -0.1) is 23.1 Å². The van der Waals surface area contributed by atoms with Crippen molar-refractivity contribution in [3.63, 3.8) is 0 Å². The zero-order chi connectivity index (χ0) is 13.7. The van der Waals surface area contributed by atoms with Gasteiger partial charge in [0.15, 0.2) is 0 Å². The average molecular weight is 288 g/mol. The highest BCUT2D eigenvalue weighted by Crippen LogP contribution is 2.38. The van der Waals surface area contributed by atoms with Gasteiger partial charge in [-0.25, -0.2) is 4.79 Å². The summed E-state index contributed by atoms with van der Waals surface area (Å²) in [7, 11) is 1.53. The Balaban J connectivity index is 3.24. The number of esters is 1. The molecule has 5 nitrogen and oxygen atoms in total. The number of rotatable bonds is 5. The first kappa shape index (κ1) is 14.8. The van der Waals surface area contributed by atoms with Crippen LogP contribution in [0.1, 0.15) is 33.9 Å². The van der Waals surface area contributed by atoms with Crippen molar-refractivity contribution in [3.8, 4) is 0 Å². The first-order chi connectivity index (χ1) is 8.56. The van der Waals surface area contributed by atoms with Gasteiger partial charge in [0.05, 0.1) is 16.5 Å². The largest absolute Gasteiger partial charge is 0.462 e. The molecule has 0 radical (unpaired) electrons. The van der Waals surface area contributed by atoms with Gasteiger partial charge in [0.1, 0.15) is 10.4 Å². The number of amides is 1. The van der Waals surface area contributed by atoms with E-state index in [4.69, 9.17) is 10.5 Å². The zero-order valence-corrected chi connectivity index (χ0v) is 12.2. The van der Waals surface area contributed by atoms with Crippen molar-refractivity contribution in [2.45, 2.75) is 18.1 Å². The number of nitrogens with two attached hydrogens (primary N) is 1. The monoisotopic (exact) mass is 288 g/mol. The molecule has 100 valence electrons. The summed E-state index contributed by atoms with van der Waals surface area (Å²) in [6.45, 7) is 3.97. The van der Waals surface area contributed by atoms with Gasteiger partial charge >= 0.3 is 5.97 Å². The molecule has 0 unspecified atom stereocenters. The molecular formula is C11H16N2O3S2. The highest BCUT2D eigenvalue weighted by molar-refractivity contribution is 8.01. The third kappa shape index (κ3) is 2.97. The molecule has 3 N–H and O–H groups in total. The Bertz CT molecular complexity index is 457. The van der Waals surface area contributed by atoms with Crippen LogP contribution >= 0.6 is 23.1 Å². The van der Waals surface area contributed by atoms with Gasteiger partial charge in [0, 0.05) is 7.05 Å². The quantitative estimate of drug-likeness (QED) is 0.639. The predicted octanol–water partition coefficient (Wildman–Crippen LogP) is 1.98. The second kappa shape index (κ2) is 6.65. The normalized spacial score (nSPS) is 10.2. The Labute approximate surface area is 114 Å². The summed E-state index contributed by atoms with van der Waals surface area (Å²) in [6.07, 6.45) is 0. The minimum Gasteiger partial charge on any atom is -0.462 e. The SMILES string of the molecule is CCOC(=O)c1c(SCC)sc(C(=O)NC)c1N. The maximum absolute atomic E-state index is 11.8. The fourth-order valence-corrected chi connectivity index (χ4v) is 3.66. The topological polar surface area (TPSA) is 81.4 Å². The molecular weight excluding hydrogens is 272 g/mol. The third-order valence-corrected chi connectivity index (χ3v) is 4.46. The van der Waals surface area contributed by atoms with Crippen LogP contribution < -0.4 is 11.1 Å². The van der Waals surface area contributed by atoms with E-state index in [0.717, 1.165) is 9.96 Å². The van der Waals surface area contributed by atoms with Crippen molar-refractivity contribution < 1.29 is 14.3 Å². The van der Waals surface area contributed by atoms with Gasteiger partial charge in [0.25, 0.3) is 5.91 Å². The van der Waals surface area contributed by atoms with E-state index in [-0.39, 0.29) is 18.2 Å². The molecule has 1 rings (SSSR count). The van der Waals surface area contributed by atoms with Crippen LogP contribution in [0.5, 0.6) is 0 Å². The van der Waals surface area contributed by atoms with Crippen molar-refractivity contribution in [2.75, 3.05) is 25.1 Å². The van der Waals surface area contributed by atoms with Crippen LogP contribution in [0.25, 0.3) is 0 Å². The molecule has 0 aliphatic heterocycles. The van der Waals surface area contributed by atoms with E-state index in [1.165, 1.54) is 30.1 Å². The van der Waals surface area contributed by atoms with Crippen LogP contribution in [0.15, 0.2) is 4.21 Å². The van der Waals surface area contributed by atoms with Crippen molar-refractivity contribution in [1.29, 1.82) is 0 Å². The summed E-state index contributed by atoms with van der Waals surface area (Å²) in [4.78, 5) is 23.8. The highest BCUT2D eigenvalue weighted by atomic mass is 32.2. The number of hydrogen-bond donors (Lipinski definition) is 2. The fourth-order valence-electron chi connectivity index (χ4n) is 1.33. The molecule has 0 spiro atoms. The van der Waals surface area contributed by atoms with Gasteiger partial charge in [-0.2, -0.15) is 0 Å². The van der Waals surface area contributed by atoms with Crippen LogP contribution in [0, 0.1) is 0 Å². The highest BCUT2D eigenvalue weighted by Gasteiger charge is 2.25. The summed E-state index contributed by atoms with van der Waals surface area (Å²) < 4.78 is 5.69. The van der Waals surface area contributed by atoms with Crippen LogP contribution in [0.2, 0.25) is 0 Å². The summed E-state index contributed by atoms with van der Waals surface area (Å²) in [5, 5.41) is 2.51. The molecule has 0 saturated heterocycles. The molecule has 0 fully saturated rings. The molecule has 0 aromatic carbocycles. The Hall–Kier alpha value is -1.21. The molecule has 1 amide bonds. The van der Waals surface area contributed by atoms with E-state index in [1.807, 2.05) is 6.92 Å². The molecule has 0 atom stereocenters. The van der Waals surface area contributed by atoms with Crippen molar-refractivity contribution >= 4 is 40.7 Å². The predicted molar refractivity (Wildman–Crippen MR) is 74.5 cm³/mol. The van der Waals surface area contributed by atoms with Gasteiger partial charge in [0.2, 0.25) is 0 Å². The van der Waals surface area contributed by atoms with Gasteiger partial charge in [-0.3, -0.25) is 4.79 Å². The maximum Gasteiger partial charge on any atom is 0.342 e. The van der Waals surface area contributed by atoms with Crippen molar-refractivity contribution in [2.24, 2.45) is 0 Å².